The average molecular weight is 505 g/mol. The highest BCUT2D eigenvalue weighted by molar-refractivity contribution is 9.10. The number of carbonyl (C=O) groups excluding carboxylic acids is 3. The van der Waals surface area contributed by atoms with Gasteiger partial charge in [0.15, 0.2) is 0 Å². The van der Waals surface area contributed by atoms with Gasteiger partial charge in [-0.1, -0.05) is 35.0 Å². The molecule has 4 rings (SSSR count). The van der Waals surface area contributed by atoms with Crippen molar-refractivity contribution in [2.24, 2.45) is 23.7 Å². The lowest BCUT2D eigenvalue weighted by molar-refractivity contribution is -0.314. The highest BCUT2D eigenvalue weighted by Gasteiger charge is 2.51. The Morgan fingerprint density at radius 2 is 1.84 bits per heavy atom. The van der Waals surface area contributed by atoms with E-state index in [1.54, 1.807) is 0 Å². The number of anilines is 1. The fourth-order valence-corrected chi connectivity index (χ4v) is 6.19. The Labute approximate surface area is 193 Å². The molecule has 0 spiro atoms. The molecule has 0 saturated heterocycles. The van der Waals surface area contributed by atoms with Crippen LogP contribution in [0.1, 0.15) is 43.0 Å². The number of hydrogen-bond acceptors (Lipinski definition) is 6. The molecule has 1 aromatic heterocycles. The minimum atomic E-state index is -1.16. The Balaban J connectivity index is 1.64. The number of carbonyl (C=O) groups is 3. The largest absolute Gasteiger partial charge is 0.550 e. The van der Waals surface area contributed by atoms with E-state index in [0.717, 1.165) is 29.3 Å². The average Bonchev–Trinajstić information content (AvgIpc) is 3.47. The van der Waals surface area contributed by atoms with Gasteiger partial charge in [0.2, 0.25) is 5.91 Å². The first-order valence-electron chi connectivity index (χ1n) is 10.5. The lowest BCUT2D eigenvalue weighted by Gasteiger charge is -2.30. The highest BCUT2D eigenvalue weighted by atomic mass is 79.9. The number of thiophene rings is 1. The van der Waals surface area contributed by atoms with Gasteiger partial charge in [-0.05, 0) is 55.2 Å². The second-order valence-electron chi connectivity index (χ2n) is 8.19. The van der Waals surface area contributed by atoms with E-state index in [9.17, 15) is 19.5 Å². The maximum absolute atomic E-state index is 13.1. The van der Waals surface area contributed by atoms with E-state index in [0.29, 0.717) is 22.5 Å². The maximum Gasteiger partial charge on any atom is 0.341 e. The third-order valence-electron chi connectivity index (χ3n) is 6.32. The summed E-state index contributed by atoms with van der Waals surface area (Å²) in [5.74, 6) is -3.34. The first kappa shape index (κ1) is 22.0. The number of carboxylic acid groups (broad SMARTS) is 1. The van der Waals surface area contributed by atoms with Crippen LogP contribution in [-0.4, -0.2) is 24.5 Å². The van der Waals surface area contributed by atoms with E-state index in [-0.39, 0.29) is 24.3 Å². The summed E-state index contributed by atoms with van der Waals surface area (Å²) in [7, 11) is 0. The van der Waals surface area contributed by atoms with Crippen LogP contribution in [0.4, 0.5) is 5.00 Å². The number of amides is 1. The molecule has 1 heterocycles. The summed E-state index contributed by atoms with van der Waals surface area (Å²) in [6.45, 7) is 2.19. The molecule has 6 nitrogen and oxygen atoms in total. The quantitative estimate of drug-likeness (QED) is 0.572. The van der Waals surface area contributed by atoms with Crippen LogP contribution >= 0.6 is 27.3 Å². The van der Waals surface area contributed by atoms with Gasteiger partial charge in [0.1, 0.15) is 10.6 Å². The number of benzene rings is 1. The predicted octanol–water partition coefficient (Wildman–Crippen LogP) is 4.10. The highest BCUT2D eigenvalue weighted by Crippen LogP contribution is 2.52. The minimum Gasteiger partial charge on any atom is -0.550 e. The van der Waals surface area contributed by atoms with Gasteiger partial charge in [0.25, 0.3) is 0 Å². The maximum atomic E-state index is 13.1. The zero-order chi connectivity index (χ0) is 22.1. The summed E-state index contributed by atoms with van der Waals surface area (Å²) >= 11 is 4.66. The molecular formula is C23H23BrNO5S-. The molecule has 2 saturated carbocycles. The zero-order valence-electron chi connectivity index (χ0n) is 17.1. The van der Waals surface area contributed by atoms with Crippen LogP contribution in [0.2, 0.25) is 0 Å². The van der Waals surface area contributed by atoms with Crippen molar-refractivity contribution < 1.29 is 24.2 Å². The normalized spacial score (nSPS) is 24.2. The van der Waals surface area contributed by atoms with Crippen LogP contribution in [0.3, 0.4) is 0 Å². The first-order valence-corrected chi connectivity index (χ1v) is 12.1. The van der Waals surface area contributed by atoms with Crippen molar-refractivity contribution in [3.05, 3.63) is 39.7 Å². The van der Waals surface area contributed by atoms with Crippen LogP contribution < -0.4 is 10.4 Å². The van der Waals surface area contributed by atoms with Gasteiger partial charge in [-0.25, -0.2) is 4.79 Å². The van der Waals surface area contributed by atoms with E-state index < -0.39 is 23.8 Å². The molecule has 4 atom stereocenters. The van der Waals surface area contributed by atoms with Crippen molar-refractivity contribution in [3.63, 3.8) is 0 Å². The SMILES string of the molecule is CCCOC(=O)c1c(-c2ccc(Br)cc2)csc1NC(=O)[C@@H]1[C@@H]2CC[C@H](C2)[C@@H]1C(=O)[O-]. The lowest BCUT2D eigenvalue weighted by Crippen LogP contribution is -2.44. The number of halogens is 1. The van der Waals surface area contributed by atoms with Crippen LogP contribution in [0, 0.1) is 23.7 Å². The molecular weight excluding hydrogens is 482 g/mol. The Hall–Kier alpha value is -2.19. The fraction of sp³-hybridized carbons (Fsp3) is 0.435. The molecule has 164 valence electrons. The second kappa shape index (κ2) is 9.12. The zero-order valence-corrected chi connectivity index (χ0v) is 19.5. The molecule has 1 amide bonds. The summed E-state index contributed by atoms with van der Waals surface area (Å²) < 4.78 is 6.30. The number of hydrogen-bond donors (Lipinski definition) is 1. The number of esters is 1. The van der Waals surface area contributed by atoms with Crippen molar-refractivity contribution in [1.82, 2.24) is 0 Å². The van der Waals surface area contributed by atoms with Crippen molar-refractivity contribution in [3.8, 4) is 11.1 Å². The third kappa shape index (κ3) is 4.28. The molecule has 8 heteroatoms. The van der Waals surface area contributed by atoms with E-state index in [4.69, 9.17) is 4.74 Å². The van der Waals surface area contributed by atoms with E-state index in [1.807, 2.05) is 36.6 Å². The number of carboxylic acids is 1. The van der Waals surface area contributed by atoms with Crippen LogP contribution in [0.5, 0.6) is 0 Å². The van der Waals surface area contributed by atoms with Crippen molar-refractivity contribution in [2.75, 3.05) is 11.9 Å². The molecule has 2 aliphatic rings. The lowest BCUT2D eigenvalue weighted by atomic mass is 9.79. The number of fused-ring (bicyclic) bond motifs is 2. The van der Waals surface area contributed by atoms with Crippen LogP contribution in [-0.2, 0) is 14.3 Å². The van der Waals surface area contributed by atoms with Gasteiger partial charge in [0, 0.05) is 33.2 Å². The molecule has 1 aromatic carbocycles. The first-order chi connectivity index (χ1) is 14.9. The van der Waals surface area contributed by atoms with E-state index in [2.05, 4.69) is 21.2 Å². The van der Waals surface area contributed by atoms with Gasteiger partial charge < -0.3 is 20.0 Å². The van der Waals surface area contributed by atoms with Crippen molar-refractivity contribution >= 4 is 50.1 Å². The second-order valence-corrected chi connectivity index (χ2v) is 9.98. The number of nitrogens with one attached hydrogen (secondary N) is 1. The fourth-order valence-electron chi connectivity index (χ4n) is 4.96. The van der Waals surface area contributed by atoms with Gasteiger partial charge in [-0.3, -0.25) is 4.79 Å². The Bertz CT molecular complexity index is 1000. The molecule has 2 aliphatic carbocycles. The summed E-state index contributed by atoms with van der Waals surface area (Å²) in [6, 6.07) is 7.53. The molecule has 31 heavy (non-hydrogen) atoms. The summed E-state index contributed by atoms with van der Waals surface area (Å²) in [5.41, 5.74) is 1.82. The Morgan fingerprint density at radius 1 is 1.16 bits per heavy atom. The van der Waals surface area contributed by atoms with Crippen molar-refractivity contribution in [2.45, 2.75) is 32.6 Å². The Kier molecular flexibility index (Phi) is 6.48. The van der Waals surface area contributed by atoms with Crippen molar-refractivity contribution in [1.29, 1.82) is 0 Å². The smallest absolute Gasteiger partial charge is 0.341 e. The topological polar surface area (TPSA) is 95.5 Å². The molecule has 1 N–H and O–H groups in total. The summed E-state index contributed by atoms with van der Waals surface area (Å²) in [6.07, 6.45) is 3.11. The molecule has 2 fully saturated rings. The van der Waals surface area contributed by atoms with Gasteiger partial charge in [-0.2, -0.15) is 0 Å². The molecule has 0 aliphatic heterocycles. The van der Waals surface area contributed by atoms with Crippen LogP contribution in [0.15, 0.2) is 34.1 Å². The minimum absolute atomic E-state index is 0.00130. The summed E-state index contributed by atoms with van der Waals surface area (Å²) in [4.78, 5) is 37.7. The molecule has 0 radical (unpaired) electrons. The standard InChI is InChI=1S/C23H24BrNO5S/c1-2-9-30-23(29)19-16(12-5-7-15(24)8-6-12)11-31-21(19)25-20(26)17-13-3-4-14(10-13)18(17)22(27)28/h5-8,11,13-14,17-18H,2-4,9-10H2,1H3,(H,25,26)(H,27,28)/p-1/t13-,14-,17-,18+/m1/s1. The van der Waals surface area contributed by atoms with Gasteiger partial charge >= 0.3 is 5.97 Å². The molecule has 0 unspecified atom stereocenters. The van der Waals surface area contributed by atoms with E-state index >= 15 is 0 Å². The Morgan fingerprint density at radius 3 is 2.48 bits per heavy atom. The van der Waals surface area contributed by atoms with Gasteiger partial charge in [-0.15, -0.1) is 11.3 Å². The van der Waals surface area contributed by atoms with E-state index in [1.165, 1.54) is 11.3 Å². The molecule has 2 aromatic rings. The number of rotatable bonds is 7. The monoisotopic (exact) mass is 504 g/mol. The third-order valence-corrected chi connectivity index (χ3v) is 7.74. The predicted molar refractivity (Wildman–Crippen MR) is 119 cm³/mol. The van der Waals surface area contributed by atoms with Gasteiger partial charge in [0.05, 0.1) is 6.61 Å². The number of ether oxygens (including phenoxy) is 1. The summed E-state index contributed by atoms with van der Waals surface area (Å²) in [5, 5.41) is 16.8. The molecule has 2 bridgehead atoms. The van der Waals surface area contributed by atoms with Crippen LogP contribution in [0.25, 0.3) is 11.1 Å². The number of aliphatic carboxylic acids is 1.